The fraction of sp³-hybridized carbons (Fsp3) is 0.292. The van der Waals surface area contributed by atoms with Crippen LogP contribution in [0.2, 0.25) is 0 Å². The first-order valence-corrected chi connectivity index (χ1v) is 10.2. The molecule has 0 atom stereocenters. The van der Waals surface area contributed by atoms with Crippen LogP contribution < -0.4 is 15.0 Å². The molecular formula is C24H26N4O2. The van der Waals surface area contributed by atoms with E-state index >= 15 is 0 Å². The van der Waals surface area contributed by atoms with E-state index in [0.29, 0.717) is 11.4 Å². The number of methoxy groups -OCH3 is 1. The molecule has 0 unspecified atom stereocenters. The molecule has 0 radical (unpaired) electrons. The maximum Gasteiger partial charge on any atom is 0.227 e. The van der Waals surface area contributed by atoms with Crippen LogP contribution in [-0.4, -0.2) is 36.3 Å². The van der Waals surface area contributed by atoms with Crippen molar-refractivity contribution in [1.29, 1.82) is 0 Å². The SMILES string of the molecule is COc1ccccc1NC(=O)C1CCN(c2ccc(-c3ccc(C)cc3)nn2)CC1. The second-order valence-electron chi connectivity index (χ2n) is 7.59. The third-order valence-electron chi connectivity index (χ3n) is 5.55. The lowest BCUT2D eigenvalue weighted by molar-refractivity contribution is -0.120. The minimum absolute atomic E-state index is 0.0223. The highest BCUT2D eigenvalue weighted by atomic mass is 16.5. The molecule has 154 valence electrons. The Morgan fingerprint density at radius 2 is 1.73 bits per heavy atom. The number of aryl methyl sites for hydroxylation is 1. The van der Waals surface area contributed by atoms with E-state index < -0.39 is 0 Å². The van der Waals surface area contributed by atoms with Crippen LogP contribution in [-0.2, 0) is 4.79 Å². The number of hydrogen-bond donors (Lipinski definition) is 1. The Labute approximate surface area is 176 Å². The van der Waals surface area contributed by atoms with E-state index in [-0.39, 0.29) is 11.8 Å². The van der Waals surface area contributed by atoms with Gasteiger partial charge in [0, 0.05) is 24.6 Å². The zero-order valence-electron chi connectivity index (χ0n) is 17.3. The van der Waals surface area contributed by atoms with E-state index in [1.807, 2.05) is 36.4 Å². The van der Waals surface area contributed by atoms with E-state index in [4.69, 9.17) is 4.74 Å². The molecule has 1 aliphatic rings. The number of ether oxygens (including phenoxy) is 1. The van der Waals surface area contributed by atoms with Gasteiger partial charge in [0.25, 0.3) is 0 Å². The van der Waals surface area contributed by atoms with Gasteiger partial charge in [0.05, 0.1) is 18.5 Å². The van der Waals surface area contributed by atoms with Crippen molar-refractivity contribution in [3.05, 3.63) is 66.2 Å². The number of nitrogens with one attached hydrogen (secondary N) is 1. The summed E-state index contributed by atoms with van der Waals surface area (Å²) in [6.07, 6.45) is 1.56. The van der Waals surface area contributed by atoms with Crippen LogP contribution in [0.5, 0.6) is 5.75 Å². The predicted molar refractivity (Wildman–Crippen MR) is 119 cm³/mol. The molecule has 0 bridgehead atoms. The minimum Gasteiger partial charge on any atom is -0.495 e. The highest BCUT2D eigenvalue weighted by molar-refractivity contribution is 5.94. The first-order chi connectivity index (χ1) is 14.6. The third kappa shape index (κ3) is 4.43. The molecule has 1 N–H and O–H groups in total. The smallest absolute Gasteiger partial charge is 0.227 e. The Hall–Kier alpha value is -3.41. The van der Waals surface area contributed by atoms with Crippen molar-refractivity contribution in [1.82, 2.24) is 10.2 Å². The summed E-state index contributed by atoms with van der Waals surface area (Å²) in [6, 6.07) is 19.8. The lowest BCUT2D eigenvalue weighted by Crippen LogP contribution is -2.38. The lowest BCUT2D eigenvalue weighted by atomic mass is 9.95. The molecule has 1 aromatic heterocycles. The van der Waals surface area contributed by atoms with Gasteiger partial charge in [-0.1, -0.05) is 42.0 Å². The molecule has 0 saturated carbocycles. The normalized spacial score (nSPS) is 14.4. The van der Waals surface area contributed by atoms with Gasteiger partial charge in [0.15, 0.2) is 5.82 Å². The number of carbonyl (C=O) groups excluding carboxylic acids is 1. The number of para-hydroxylation sites is 2. The molecule has 4 rings (SSSR count). The number of nitrogens with zero attached hydrogens (tertiary/aromatic N) is 3. The van der Waals surface area contributed by atoms with E-state index in [9.17, 15) is 4.79 Å². The number of anilines is 2. The van der Waals surface area contributed by atoms with Crippen LogP contribution in [0, 0.1) is 12.8 Å². The molecule has 30 heavy (non-hydrogen) atoms. The average Bonchev–Trinajstić information content (AvgIpc) is 2.80. The van der Waals surface area contributed by atoms with E-state index in [1.54, 1.807) is 7.11 Å². The number of amides is 1. The topological polar surface area (TPSA) is 67.3 Å². The molecule has 3 aromatic rings. The van der Waals surface area contributed by atoms with Crippen molar-refractivity contribution in [3.63, 3.8) is 0 Å². The summed E-state index contributed by atoms with van der Waals surface area (Å²) in [4.78, 5) is 14.9. The van der Waals surface area contributed by atoms with E-state index in [1.165, 1.54) is 5.56 Å². The van der Waals surface area contributed by atoms with Gasteiger partial charge < -0.3 is 15.0 Å². The van der Waals surface area contributed by atoms with Crippen LogP contribution in [0.1, 0.15) is 18.4 Å². The quantitative estimate of drug-likeness (QED) is 0.689. The number of aromatic nitrogens is 2. The first-order valence-electron chi connectivity index (χ1n) is 10.2. The fourth-order valence-electron chi connectivity index (χ4n) is 3.73. The predicted octanol–water partition coefficient (Wildman–Crippen LogP) is 4.32. The van der Waals surface area contributed by atoms with Gasteiger partial charge >= 0.3 is 0 Å². The molecule has 1 saturated heterocycles. The summed E-state index contributed by atoms with van der Waals surface area (Å²) in [7, 11) is 1.61. The van der Waals surface area contributed by atoms with Crippen LogP contribution in [0.25, 0.3) is 11.3 Å². The minimum atomic E-state index is -0.0223. The Morgan fingerprint density at radius 1 is 1.00 bits per heavy atom. The summed E-state index contributed by atoms with van der Waals surface area (Å²) in [5, 5.41) is 11.8. The monoisotopic (exact) mass is 402 g/mol. The lowest BCUT2D eigenvalue weighted by Gasteiger charge is -2.31. The second kappa shape index (κ2) is 8.95. The Bertz CT molecular complexity index is 994. The van der Waals surface area contributed by atoms with Crippen molar-refractivity contribution in [3.8, 4) is 17.0 Å². The van der Waals surface area contributed by atoms with Crippen molar-refractivity contribution >= 4 is 17.4 Å². The molecular weight excluding hydrogens is 376 g/mol. The largest absolute Gasteiger partial charge is 0.495 e. The molecule has 0 spiro atoms. The van der Waals surface area contributed by atoms with Gasteiger partial charge in [0.1, 0.15) is 5.75 Å². The number of rotatable bonds is 5. The summed E-state index contributed by atoms with van der Waals surface area (Å²) in [5.74, 6) is 1.55. The molecule has 1 aliphatic heterocycles. The summed E-state index contributed by atoms with van der Waals surface area (Å²) in [6.45, 7) is 3.63. The maximum absolute atomic E-state index is 12.7. The number of hydrogen-bond acceptors (Lipinski definition) is 5. The Balaban J connectivity index is 1.35. The molecule has 0 aliphatic carbocycles. The molecule has 2 heterocycles. The maximum atomic E-state index is 12.7. The fourth-order valence-corrected chi connectivity index (χ4v) is 3.73. The Kier molecular flexibility index (Phi) is 5.93. The molecule has 1 amide bonds. The van der Waals surface area contributed by atoms with Crippen molar-refractivity contribution in [2.24, 2.45) is 5.92 Å². The third-order valence-corrected chi connectivity index (χ3v) is 5.55. The van der Waals surface area contributed by atoms with E-state index in [2.05, 4.69) is 51.6 Å². The van der Waals surface area contributed by atoms with E-state index in [0.717, 1.165) is 43.0 Å². The summed E-state index contributed by atoms with van der Waals surface area (Å²) < 4.78 is 5.32. The second-order valence-corrected chi connectivity index (χ2v) is 7.59. The van der Waals surface area contributed by atoms with Gasteiger partial charge in [-0.15, -0.1) is 10.2 Å². The molecule has 1 fully saturated rings. The van der Waals surface area contributed by atoms with Crippen LogP contribution in [0.4, 0.5) is 11.5 Å². The summed E-state index contributed by atoms with van der Waals surface area (Å²) in [5.41, 5.74) is 3.86. The molecule has 6 nitrogen and oxygen atoms in total. The molecule has 6 heteroatoms. The van der Waals surface area contributed by atoms with Crippen LogP contribution in [0.15, 0.2) is 60.7 Å². The van der Waals surface area contributed by atoms with Gasteiger partial charge in [-0.25, -0.2) is 0 Å². The first kappa shape index (κ1) is 19.9. The standard InChI is InChI=1S/C24H26N4O2/c1-17-7-9-18(10-8-17)20-11-12-23(27-26-20)28-15-13-19(14-16-28)24(29)25-21-5-3-4-6-22(21)30-2/h3-12,19H,13-16H2,1-2H3,(H,25,29). The number of carbonyl (C=O) groups is 1. The zero-order chi connectivity index (χ0) is 20.9. The number of piperidine rings is 1. The average molecular weight is 402 g/mol. The summed E-state index contributed by atoms with van der Waals surface area (Å²) >= 11 is 0. The number of benzene rings is 2. The molecule has 2 aromatic carbocycles. The van der Waals surface area contributed by atoms with Crippen LogP contribution in [0.3, 0.4) is 0 Å². The zero-order valence-corrected chi connectivity index (χ0v) is 17.3. The van der Waals surface area contributed by atoms with Crippen LogP contribution >= 0.6 is 0 Å². The van der Waals surface area contributed by atoms with Crippen molar-refractivity contribution in [2.45, 2.75) is 19.8 Å². The van der Waals surface area contributed by atoms with Gasteiger partial charge in [-0.3, -0.25) is 4.79 Å². The Morgan fingerprint density at radius 3 is 2.40 bits per heavy atom. The highest BCUT2D eigenvalue weighted by Crippen LogP contribution is 2.27. The van der Waals surface area contributed by atoms with Gasteiger partial charge in [0.2, 0.25) is 5.91 Å². The van der Waals surface area contributed by atoms with Crippen molar-refractivity contribution in [2.75, 3.05) is 30.4 Å². The van der Waals surface area contributed by atoms with Crippen molar-refractivity contribution < 1.29 is 9.53 Å². The van der Waals surface area contributed by atoms with Gasteiger partial charge in [-0.2, -0.15) is 0 Å². The van der Waals surface area contributed by atoms with Gasteiger partial charge in [-0.05, 0) is 44.0 Å². The highest BCUT2D eigenvalue weighted by Gasteiger charge is 2.26.